The van der Waals surface area contributed by atoms with Crippen molar-refractivity contribution in [3.05, 3.63) is 17.0 Å². The van der Waals surface area contributed by atoms with Gasteiger partial charge in [-0.1, -0.05) is 12.8 Å². The second-order valence-corrected chi connectivity index (χ2v) is 9.00. The van der Waals surface area contributed by atoms with Crippen LogP contribution in [0.2, 0.25) is 0 Å². The van der Waals surface area contributed by atoms with Crippen LogP contribution in [0.15, 0.2) is 0 Å². The van der Waals surface area contributed by atoms with E-state index in [9.17, 15) is 4.79 Å². The molecule has 1 aromatic heterocycles. The molecular weight excluding hydrogens is 378 g/mol. The van der Waals surface area contributed by atoms with Gasteiger partial charge in [0.05, 0.1) is 13.2 Å². The lowest BCUT2D eigenvalue weighted by molar-refractivity contribution is 0.0373. The second kappa shape index (κ2) is 10.7. The molecule has 0 bridgehead atoms. The maximum absolute atomic E-state index is 13.3. The SMILES string of the molecule is CCn1nc(C(=O)N2CCCCCC2)c2c1CC[C@@H](NCCCN1CCOCC1)C2. The monoisotopic (exact) mass is 417 g/mol. The predicted molar refractivity (Wildman–Crippen MR) is 118 cm³/mol. The normalized spacial score (nSPS) is 23.2. The van der Waals surface area contributed by atoms with Crippen molar-refractivity contribution in [2.24, 2.45) is 0 Å². The summed E-state index contributed by atoms with van der Waals surface area (Å²) < 4.78 is 7.51. The molecule has 1 aromatic rings. The van der Waals surface area contributed by atoms with Gasteiger partial charge in [0.15, 0.2) is 5.69 Å². The first-order valence-corrected chi connectivity index (χ1v) is 12.2. The molecule has 30 heavy (non-hydrogen) atoms. The minimum absolute atomic E-state index is 0.160. The Kier molecular flexibility index (Phi) is 7.79. The fraction of sp³-hybridized carbons (Fsp3) is 0.826. The van der Waals surface area contributed by atoms with Gasteiger partial charge in [-0.25, -0.2) is 0 Å². The van der Waals surface area contributed by atoms with Gasteiger partial charge in [0.25, 0.3) is 5.91 Å². The molecule has 0 saturated carbocycles. The van der Waals surface area contributed by atoms with Gasteiger partial charge in [-0.05, 0) is 58.5 Å². The molecule has 4 rings (SSSR count). The molecule has 0 aromatic carbocycles. The number of likely N-dealkylation sites (tertiary alicyclic amines) is 1. The minimum Gasteiger partial charge on any atom is -0.379 e. The van der Waals surface area contributed by atoms with Gasteiger partial charge in [-0.3, -0.25) is 14.4 Å². The summed E-state index contributed by atoms with van der Waals surface area (Å²) >= 11 is 0. The number of ether oxygens (including phenoxy) is 1. The zero-order valence-electron chi connectivity index (χ0n) is 18.7. The lowest BCUT2D eigenvalue weighted by atomic mass is 9.91. The first-order chi connectivity index (χ1) is 14.8. The Labute approximate surface area is 181 Å². The Morgan fingerprint density at radius 3 is 2.63 bits per heavy atom. The summed E-state index contributed by atoms with van der Waals surface area (Å²) in [5.74, 6) is 0.160. The Morgan fingerprint density at radius 2 is 1.90 bits per heavy atom. The third-order valence-corrected chi connectivity index (χ3v) is 6.93. The van der Waals surface area contributed by atoms with E-state index in [4.69, 9.17) is 9.84 Å². The Bertz CT molecular complexity index is 690. The fourth-order valence-electron chi connectivity index (χ4n) is 5.15. The van der Waals surface area contributed by atoms with Crippen molar-refractivity contribution in [2.75, 3.05) is 52.5 Å². The summed E-state index contributed by atoms with van der Waals surface area (Å²) in [5, 5.41) is 8.55. The molecule has 3 heterocycles. The van der Waals surface area contributed by atoms with Crippen molar-refractivity contribution in [1.29, 1.82) is 0 Å². The zero-order valence-corrected chi connectivity index (χ0v) is 18.7. The largest absolute Gasteiger partial charge is 0.379 e. The van der Waals surface area contributed by atoms with Crippen LogP contribution in [0.25, 0.3) is 0 Å². The van der Waals surface area contributed by atoms with Crippen LogP contribution in [-0.2, 0) is 24.1 Å². The van der Waals surface area contributed by atoms with Crippen LogP contribution < -0.4 is 5.32 Å². The minimum atomic E-state index is 0.160. The third-order valence-electron chi connectivity index (χ3n) is 6.93. The van der Waals surface area contributed by atoms with E-state index in [1.165, 1.54) is 24.1 Å². The highest BCUT2D eigenvalue weighted by Gasteiger charge is 2.31. The standard InChI is InChI=1S/C23H39N5O2/c1-2-28-21-9-8-19(24-10-7-11-26-14-16-30-17-15-26)18-20(21)22(25-28)23(29)27-12-5-3-4-6-13-27/h19,24H,2-18H2,1H3/t19-/m1/s1. The molecule has 0 spiro atoms. The van der Waals surface area contributed by atoms with E-state index in [-0.39, 0.29) is 5.91 Å². The molecule has 2 saturated heterocycles. The second-order valence-electron chi connectivity index (χ2n) is 9.00. The van der Waals surface area contributed by atoms with Gasteiger partial charge in [-0.15, -0.1) is 0 Å². The highest BCUT2D eigenvalue weighted by atomic mass is 16.5. The summed E-state index contributed by atoms with van der Waals surface area (Å²) in [6, 6.07) is 0.451. The van der Waals surface area contributed by atoms with Crippen molar-refractivity contribution >= 4 is 5.91 Å². The smallest absolute Gasteiger partial charge is 0.274 e. The number of carbonyl (C=O) groups excluding carboxylic acids is 1. The summed E-state index contributed by atoms with van der Waals surface area (Å²) in [6.07, 6.45) is 8.96. The molecule has 1 amide bonds. The predicted octanol–water partition coefficient (Wildman–Crippen LogP) is 2.09. The van der Waals surface area contributed by atoms with E-state index in [2.05, 4.69) is 26.7 Å². The van der Waals surface area contributed by atoms with Crippen LogP contribution >= 0.6 is 0 Å². The zero-order chi connectivity index (χ0) is 20.8. The number of hydrogen-bond acceptors (Lipinski definition) is 5. The number of nitrogens with one attached hydrogen (secondary N) is 1. The molecular formula is C23H39N5O2. The molecule has 0 radical (unpaired) electrons. The maximum Gasteiger partial charge on any atom is 0.274 e. The molecule has 1 atom stereocenters. The maximum atomic E-state index is 13.3. The average molecular weight is 418 g/mol. The molecule has 2 aliphatic heterocycles. The number of aromatic nitrogens is 2. The topological polar surface area (TPSA) is 62.6 Å². The van der Waals surface area contributed by atoms with Crippen molar-refractivity contribution in [2.45, 2.75) is 70.9 Å². The number of rotatable bonds is 7. The van der Waals surface area contributed by atoms with E-state index < -0.39 is 0 Å². The molecule has 7 nitrogen and oxygen atoms in total. The first-order valence-electron chi connectivity index (χ1n) is 12.2. The number of amides is 1. The highest BCUT2D eigenvalue weighted by molar-refractivity contribution is 5.94. The van der Waals surface area contributed by atoms with Gasteiger partial charge in [0, 0.05) is 50.0 Å². The molecule has 1 N–H and O–H groups in total. The third kappa shape index (κ3) is 5.24. The first kappa shape index (κ1) is 21.8. The molecule has 1 aliphatic carbocycles. The van der Waals surface area contributed by atoms with E-state index in [0.717, 1.165) is 103 Å². The number of nitrogens with zero attached hydrogens (tertiary/aromatic N) is 4. The van der Waals surface area contributed by atoms with E-state index in [1.807, 2.05) is 0 Å². The Morgan fingerprint density at radius 1 is 1.13 bits per heavy atom. The van der Waals surface area contributed by atoms with Gasteiger partial charge >= 0.3 is 0 Å². The Balaban J connectivity index is 1.35. The number of carbonyl (C=O) groups is 1. The van der Waals surface area contributed by atoms with Crippen LogP contribution in [0.4, 0.5) is 0 Å². The highest BCUT2D eigenvalue weighted by Crippen LogP contribution is 2.26. The van der Waals surface area contributed by atoms with Gasteiger partial charge in [-0.2, -0.15) is 5.10 Å². The number of fused-ring (bicyclic) bond motifs is 1. The number of morpholine rings is 1. The van der Waals surface area contributed by atoms with E-state index in [1.54, 1.807) is 0 Å². The van der Waals surface area contributed by atoms with Crippen molar-refractivity contribution in [3.8, 4) is 0 Å². The van der Waals surface area contributed by atoms with Crippen LogP contribution in [0.1, 0.15) is 67.2 Å². The Hall–Kier alpha value is -1.44. The molecule has 168 valence electrons. The summed E-state index contributed by atoms with van der Waals surface area (Å²) in [5.41, 5.74) is 3.23. The lowest BCUT2D eigenvalue weighted by Gasteiger charge is -2.28. The summed E-state index contributed by atoms with van der Waals surface area (Å²) in [4.78, 5) is 17.9. The number of hydrogen-bond donors (Lipinski definition) is 1. The van der Waals surface area contributed by atoms with Crippen molar-refractivity contribution in [3.63, 3.8) is 0 Å². The van der Waals surface area contributed by atoms with Gasteiger partial charge < -0.3 is 15.0 Å². The van der Waals surface area contributed by atoms with E-state index >= 15 is 0 Å². The quantitative estimate of drug-likeness (QED) is 0.689. The molecule has 3 aliphatic rings. The average Bonchev–Trinajstić information content (AvgIpc) is 2.95. The summed E-state index contributed by atoms with van der Waals surface area (Å²) in [6.45, 7) is 10.8. The molecule has 7 heteroatoms. The molecule has 0 unspecified atom stereocenters. The van der Waals surface area contributed by atoms with Crippen molar-refractivity contribution < 1.29 is 9.53 Å². The molecule has 2 fully saturated rings. The van der Waals surface area contributed by atoms with Gasteiger partial charge in [0.2, 0.25) is 0 Å². The van der Waals surface area contributed by atoms with Crippen LogP contribution in [-0.4, -0.2) is 84.0 Å². The summed E-state index contributed by atoms with van der Waals surface area (Å²) in [7, 11) is 0. The van der Waals surface area contributed by atoms with Crippen molar-refractivity contribution in [1.82, 2.24) is 24.9 Å². The lowest BCUT2D eigenvalue weighted by Crippen LogP contribution is -2.40. The van der Waals surface area contributed by atoms with E-state index in [0.29, 0.717) is 6.04 Å². The van der Waals surface area contributed by atoms with Crippen LogP contribution in [0.3, 0.4) is 0 Å². The fourth-order valence-corrected chi connectivity index (χ4v) is 5.15. The number of aryl methyl sites for hydroxylation is 1. The van der Waals surface area contributed by atoms with Crippen LogP contribution in [0, 0.1) is 0 Å². The van der Waals surface area contributed by atoms with Gasteiger partial charge in [0.1, 0.15) is 0 Å². The van der Waals surface area contributed by atoms with Crippen LogP contribution in [0.5, 0.6) is 0 Å².